The minimum Gasteiger partial charge on any atom is -0.298 e. The lowest BCUT2D eigenvalue weighted by molar-refractivity contribution is 0.112. The van der Waals surface area contributed by atoms with Crippen LogP contribution < -0.4 is 0 Å². The first kappa shape index (κ1) is 14.0. The van der Waals surface area contributed by atoms with Crippen molar-refractivity contribution in [1.29, 1.82) is 0 Å². The van der Waals surface area contributed by atoms with E-state index < -0.39 is 0 Å². The fraction of sp³-hybridized carbons (Fsp3) is 0.214. The molecule has 0 aliphatic rings. The molecule has 98 valence electrons. The summed E-state index contributed by atoms with van der Waals surface area (Å²) in [5.41, 5.74) is 2.78. The SMILES string of the molecule is Cc1nc(Cl)c(C=O)c(Sc2ccc(C)c(C)c2)n1. The van der Waals surface area contributed by atoms with Crippen molar-refractivity contribution in [1.82, 2.24) is 9.97 Å². The Morgan fingerprint density at radius 3 is 2.53 bits per heavy atom. The van der Waals surface area contributed by atoms with Crippen LogP contribution in [0.1, 0.15) is 27.3 Å². The van der Waals surface area contributed by atoms with Crippen molar-refractivity contribution in [3.05, 3.63) is 45.9 Å². The second-order valence-corrected chi connectivity index (χ2v) is 5.67. The predicted octanol–water partition coefficient (Wildman–Crippen LogP) is 4.02. The fourth-order valence-electron chi connectivity index (χ4n) is 1.59. The molecule has 0 atom stereocenters. The maximum atomic E-state index is 11.1. The van der Waals surface area contributed by atoms with Crippen molar-refractivity contribution in [3.8, 4) is 0 Å². The van der Waals surface area contributed by atoms with E-state index in [2.05, 4.69) is 29.9 Å². The molecule has 0 fully saturated rings. The summed E-state index contributed by atoms with van der Waals surface area (Å²) in [6, 6.07) is 6.13. The Morgan fingerprint density at radius 1 is 1.16 bits per heavy atom. The second kappa shape index (κ2) is 5.72. The molecular weight excluding hydrogens is 280 g/mol. The zero-order chi connectivity index (χ0) is 14.0. The largest absolute Gasteiger partial charge is 0.298 e. The smallest absolute Gasteiger partial charge is 0.155 e. The number of hydrogen-bond acceptors (Lipinski definition) is 4. The number of aryl methyl sites for hydroxylation is 3. The van der Waals surface area contributed by atoms with Crippen LogP contribution in [0.15, 0.2) is 28.1 Å². The highest BCUT2D eigenvalue weighted by atomic mass is 35.5. The molecule has 0 saturated carbocycles. The Hall–Kier alpha value is -1.39. The minimum absolute atomic E-state index is 0.203. The standard InChI is InChI=1S/C14H13ClN2OS/c1-8-4-5-11(6-9(8)2)19-14-12(7-18)13(15)16-10(3)17-14/h4-7H,1-3H3. The van der Waals surface area contributed by atoms with E-state index in [1.54, 1.807) is 6.92 Å². The van der Waals surface area contributed by atoms with Gasteiger partial charge in [-0.25, -0.2) is 9.97 Å². The summed E-state index contributed by atoms with van der Waals surface area (Å²) in [6.07, 6.45) is 0.700. The molecule has 1 aromatic heterocycles. The molecule has 5 heteroatoms. The third-order valence-corrected chi connectivity index (χ3v) is 4.07. The molecular formula is C14H13ClN2OS. The third-order valence-electron chi connectivity index (χ3n) is 2.79. The van der Waals surface area contributed by atoms with Crippen molar-refractivity contribution < 1.29 is 4.79 Å². The maximum Gasteiger partial charge on any atom is 0.155 e. The Kier molecular flexibility index (Phi) is 4.22. The highest BCUT2D eigenvalue weighted by molar-refractivity contribution is 7.99. The van der Waals surface area contributed by atoms with Gasteiger partial charge in [-0.15, -0.1) is 0 Å². The summed E-state index contributed by atoms with van der Waals surface area (Å²) in [5, 5.41) is 0.796. The van der Waals surface area contributed by atoms with Gasteiger partial charge in [0.15, 0.2) is 6.29 Å². The summed E-state index contributed by atoms with van der Waals surface area (Å²) >= 11 is 7.39. The fourth-order valence-corrected chi connectivity index (χ4v) is 2.93. The molecule has 0 amide bonds. The van der Waals surface area contributed by atoms with Crippen LogP contribution >= 0.6 is 23.4 Å². The average molecular weight is 293 g/mol. The van der Waals surface area contributed by atoms with E-state index in [1.807, 2.05) is 12.1 Å². The van der Waals surface area contributed by atoms with Crippen LogP contribution in [0.2, 0.25) is 5.15 Å². The normalized spacial score (nSPS) is 10.5. The van der Waals surface area contributed by atoms with Gasteiger partial charge < -0.3 is 0 Å². The quantitative estimate of drug-likeness (QED) is 0.633. The Bertz CT molecular complexity index is 644. The number of benzene rings is 1. The van der Waals surface area contributed by atoms with Crippen LogP contribution in [0.4, 0.5) is 0 Å². The first-order chi connectivity index (χ1) is 9.01. The molecule has 3 nitrogen and oxygen atoms in total. The van der Waals surface area contributed by atoms with Crippen LogP contribution in [0.25, 0.3) is 0 Å². The number of halogens is 1. The summed E-state index contributed by atoms with van der Waals surface area (Å²) in [7, 11) is 0. The monoisotopic (exact) mass is 292 g/mol. The van der Waals surface area contributed by atoms with Crippen molar-refractivity contribution in [3.63, 3.8) is 0 Å². The zero-order valence-corrected chi connectivity index (χ0v) is 12.5. The van der Waals surface area contributed by atoms with Crippen molar-refractivity contribution in [2.24, 2.45) is 0 Å². The molecule has 2 rings (SSSR count). The molecule has 19 heavy (non-hydrogen) atoms. The van der Waals surface area contributed by atoms with Gasteiger partial charge >= 0.3 is 0 Å². The van der Waals surface area contributed by atoms with Crippen molar-refractivity contribution in [2.45, 2.75) is 30.7 Å². The average Bonchev–Trinajstić information content (AvgIpc) is 2.33. The van der Waals surface area contributed by atoms with Gasteiger partial charge in [0.1, 0.15) is 16.0 Å². The van der Waals surface area contributed by atoms with Crippen LogP contribution in [0.5, 0.6) is 0 Å². The molecule has 0 N–H and O–H groups in total. The summed E-state index contributed by atoms with van der Waals surface area (Å²) in [6.45, 7) is 5.87. The second-order valence-electron chi connectivity index (χ2n) is 4.25. The first-order valence-electron chi connectivity index (χ1n) is 5.75. The molecule has 1 aromatic carbocycles. The lowest BCUT2D eigenvalue weighted by Gasteiger charge is -2.08. The van der Waals surface area contributed by atoms with E-state index in [0.717, 1.165) is 4.90 Å². The van der Waals surface area contributed by atoms with E-state index in [-0.39, 0.29) is 5.15 Å². The Labute approximate surface area is 121 Å². The molecule has 0 aliphatic heterocycles. The van der Waals surface area contributed by atoms with Gasteiger partial charge in [0.25, 0.3) is 0 Å². The Morgan fingerprint density at radius 2 is 1.89 bits per heavy atom. The Balaban J connectivity index is 2.42. The van der Waals surface area contributed by atoms with E-state index in [1.165, 1.54) is 22.9 Å². The van der Waals surface area contributed by atoms with Gasteiger partial charge in [0.05, 0.1) is 5.56 Å². The van der Waals surface area contributed by atoms with Gasteiger partial charge in [0, 0.05) is 4.90 Å². The van der Waals surface area contributed by atoms with E-state index in [9.17, 15) is 4.79 Å². The van der Waals surface area contributed by atoms with Gasteiger partial charge in [0.2, 0.25) is 0 Å². The number of carbonyl (C=O) groups is 1. The number of hydrogen-bond donors (Lipinski definition) is 0. The predicted molar refractivity (Wildman–Crippen MR) is 77.2 cm³/mol. The zero-order valence-electron chi connectivity index (χ0n) is 10.9. The topological polar surface area (TPSA) is 42.9 Å². The van der Waals surface area contributed by atoms with E-state index in [0.29, 0.717) is 22.7 Å². The van der Waals surface area contributed by atoms with Crippen LogP contribution in [-0.2, 0) is 0 Å². The van der Waals surface area contributed by atoms with Gasteiger partial charge in [-0.05, 0) is 44.0 Å². The highest BCUT2D eigenvalue weighted by Gasteiger charge is 2.12. The molecule has 0 unspecified atom stereocenters. The molecule has 1 heterocycles. The molecule has 0 saturated heterocycles. The van der Waals surface area contributed by atoms with Crippen LogP contribution in [0, 0.1) is 20.8 Å². The third kappa shape index (κ3) is 3.14. The van der Waals surface area contributed by atoms with Crippen LogP contribution in [-0.4, -0.2) is 16.3 Å². The summed E-state index contributed by atoms with van der Waals surface area (Å²) in [4.78, 5) is 20.4. The van der Waals surface area contributed by atoms with Gasteiger partial charge in [-0.3, -0.25) is 4.79 Å². The molecule has 2 aromatic rings. The first-order valence-corrected chi connectivity index (χ1v) is 6.95. The number of aldehydes is 1. The number of rotatable bonds is 3. The number of nitrogens with zero attached hydrogens (tertiary/aromatic N) is 2. The van der Waals surface area contributed by atoms with Gasteiger partial charge in [-0.2, -0.15) is 0 Å². The lowest BCUT2D eigenvalue weighted by Crippen LogP contribution is -1.98. The van der Waals surface area contributed by atoms with Crippen molar-refractivity contribution in [2.75, 3.05) is 0 Å². The van der Waals surface area contributed by atoms with Crippen LogP contribution in [0.3, 0.4) is 0 Å². The van der Waals surface area contributed by atoms with E-state index in [4.69, 9.17) is 11.6 Å². The number of carbonyl (C=O) groups excluding carboxylic acids is 1. The molecule has 0 aliphatic carbocycles. The van der Waals surface area contributed by atoms with Crippen molar-refractivity contribution >= 4 is 29.6 Å². The molecule has 0 bridgehead atoms. The minimum atomic E-state index is 0.203. The van der Waals surface area contributed by atoms with Gasteiger partial charge in [-0.1, -0.05) is 29.4 Å². The number of aromatic nitrogens is 2. The molecule has 0 spiro atoms. The lowest BCUT2D eigenvalue weighted by atomic mass is 10.1. The summed E-state index contributed by atoms with van der Waals surface area (Å²) < 4.78 is 0. The highest BCUT2D eigenvalue weighted by Crippen LogP contribution is 2.31. The van der Waals surface area contributed by atoms with E-state index >= 15 is 0 Å². The maximum absolute atomic E-state index is 11.1. The summed E-state index contributed by atoms with van der Waals surface area (Å²) in [5.74, 6) is 0.557. The molecule has 0 radical (unpaired) electrons.